The summed E-state index contributed by atoms with van der Waals surface area (Å²) in [5, 5.41) is 7.15. The molecule has 0 saturated heterocycles. The summed E-state index contributed by atoms with van der Waals surface area (Å²) in [5.41, 5.74) is 4.41. The van der Waals surface area contributed by atoms with Crippen LogP contribution >= 0.6 is 31.9 Å². The molecule has 3 aromatic carbocycles. The summed E-state index contributed by atoms with van der Waals surface area (Å²) < 4.78 is 14.4. The molecule has 0 spiro atoms. The first-order valence-electron chi connectivity index (χ1n) is 10.9. The molecular formula is C26H24Br2N2O2. The number of rotatable bonds is 6. The number of nitrogens with zero attached hydrogens (tertiary/aromatic N) is 2. The van der Waals surface area contributed by atoms with Crippen LogP contribution in [0.15, 0.2) is 80.8 Å². The van der Waals surface area contributed by atoms with Crippen molar-refractivity contribution in [2.75, 3.05) is 6.61 Å². The van der Waals surface area contributed by atoms with Gasteiger partial charge in [-0.15, -0.1) is 0 Å². The molecular weight excluding hydrogens is 532 g/mol. The third-order valence-electron chi connectivity index (χ3n) is 5.85. The molecule has 0 N–H and O–H groups in total. The Bertz CT molecular complexity index is 1130. The number of hydrogen-bond donors (Lipinski definition) is 0. The van der Waals surface area contributed by atoms with E-state index in [0.717, 1.165) is 68.7 Å². The Morgan fingerprint density at radius 3 is 2.59 bits per heavy atom. The summed E-state index contributed by atoms with van der Waals surface area (Å²) in [7, 11) is 0. The van der Waals surface area contributed by atoms with Crippen LogP contribution in [-0.2, 0) is 0 Å². The molecule has 0 amide bonds. The number of benzene rings is 3. The number of unbranched alkanes of at least 4 members (excludes halogenated alkanes) is 1. The molecule has 0 aliphatic carbocycles. The summed E-state index contributed by atoms with van der Waals surface area (Å²) in [6.45, 7) is 2.90. The molecule has 6 heteroatoms. The number of ether oxygens (including phenoxy) is 2. The maximum atomic E-state index is 6.55. The maximum Gasteiger partial charge on any atom is 0.213 e. The molecule has 0 unspecified atom stereocenters. The lowest BCUT2D eigenvalue weighted by Gasteiger charge is -2.38. The van der Waals surface area contributed by atoms with Gasteiger partial charge in [0.25, 0.3) is 0 Å². The van der Waals surface area contributed by atoms with Gasteiger partial charge < -0.3 is 9.47 Å². The lowest BCUT2D eigenvalue weighted by atomic mass is 9.96. The Labute approximate surface area is 205 Å². The van der Waals surface area contributed by atoms with Gasteiger partial charge in [-0.25, -0.2) is 5.01 Å². The van der Waals surface area contributed by atoms with Gasteiger partial charge in [-0.3, -0.25) is 0 Å². The van der Waals surface area contributed by atoms with Crippen molar-refractivity contribution in [2.45, 2.75) is 38.5 Å². The standard InChI is InChI=1S/C26H24Br2N2O2/c1-2-3-13-31-20-11-9-18(10-12-20)26-30-24(16-23(29-30)17-7-5-4-6-8-17)21-14-19(27)15-22(28)25(21)32-26/h4-12,14-15,24,26H,2-3,13,16H2,1H3/t24-,26+/m1/s1. The van der Waals surface area contributed by atoms with Crippen LogP contribution in [0.1, 0.15) is 55.1 Å². The average molecular weight is 556 g/mol. The predicted molar refractivity (Wildman–Crippen MR) is 134 cm³/mol. The molecule has 2 aliphatic heterocycles. The van der Waals surface area contributed by atoms with Crippen LogP contribution in [-0.4, -0.2) is 17.3 Å². The first-order valence-corrected chi connectivity index (χ1v) is 12.5. The van der Waals surface area contributed by atoms with Crippen LogP contribution in [0.4, 0.5) is 0 Å². The van der Waals surface area contributed by atoms with Crippen molar-refractivity contribution in [3.05, 3.63) is 92.4 Å². The largest absolute Gasteiger partial charge is 0.494 e. The van der Waals surface area contributed by atoms with Crippen LogP contribution in [0, 0.1) is 0 Å². The molecule has 2 heterocycles. The first kappa shape index (κ1) is 21.5. The van der Waals surface area contributed by atoms with Gasteiger partial charge >= 0.3 is 0 Å². The molecule has 2 atom stereocenters. The van der Waals surface area contributed by atoms with Gasteiger partial charge in [0, 0.05) is 22.0 Å². The predicted octanol–water partition coefficient (Wildman–Crippen LogP) is 7.63. The second-order valence-electron chi connectivity index (χ2n) is 8.06. The smallest absolute Gasteiger partial charge is 0.213 e. The van der Waals surface area contributed by atoms with Gasteiger partial charge in [0.15, 0.2) is 0 Å². The number of halogens is 2. The third-order valence-corrected chi connectivity index (χ3v) is 6.89. The zero-order valence-electron chi connectivity index (χ0n) is 17.8. The second kappa shape index (κ2) is 9.28. The normalized spacial score (nSPS) is 19.1. The highest BCUT2D eigenvalue weighted by molar-refractivity contribution is 9.11. The molecule has 0 saturated carbocycles. The molecule has 2 aliphatic rings. The van der Waals surface area contributed by atoms with E-state index in [0.29, 0.717) is 0 Å². The summed E-state index contributed by atoms with van der Waals surface area (Å²) in [6, 6.07) is 22.9. The number of hydrogen-bond acceptors (Lipinski definition) is 4. The first-order chi connectivity index (χ1) is 15.6. The fourth-order valence-corrected chi connectivity index (χ4v) is 5.55. The summed E-state index contributed by atoms with van der Waals surface area (Å²) >= 11 is 7.34. The van der Waals surface area contributed by atoms with Crippen molar-refractivity contribution in [3.8, 4) is 11.5 Å². The molecule has 0 fully saturated rings. The van der Waals surface area contributed by atoms with E-state index in [1.165, 1.54) is 0 Å². The Morgan fingerprint density at radius 1 is 1.06 bits per heavy atom. The van der Waals surface area contributed by atoms with Crippen molar-refractivity contribution < 1.29 is 9.47 Å². The zero-order chi connectivity index (χ0) is 22.1. The monoisotopic (exact) mass is 554 g/mol. The Hall–Kier alpha value is -2.31. The summed E-state index contributed by atoms with van der Waals surface area (Å²) in [6.07, 6.45) is 2.70. The van der Waals surface area contributed by atoms with Gasteiger partial charge in [0.05, 0.1) is 22.8 Å². The number of fused-ring (bicyclic) bond motifs is 3. The minimum absolute atomic E-state index is 0.105. The van der Waals surface area contributed by atoms with E-state index < -0.39 is 0 Å². The highest BCUT2D eigenvalue weighted by Crippen LogP contribution is 2.50. The van der Waals surface area contributed by atoms with Gasteiger partial charge in [-0.2, -0.15) is 5.10 Å². The van der Waals surface area contributed by atoms with E-state index >= 15 is 0 Å². The third kappa shape index (κ3) is 4.18. The van der Waals surface area contributed by atoms with Crippen LogP contribution in [0.3, 0.4) is 0 Å². The Kier molecular flexibility index (Phi) is 6.24. The minimum atomic E-state index is -0.309. The van der Waals surface area contributed by atoms with E-state index in [9.17, 15) is 0 Å². The second-order valence-corrected chi connectivity index (χ2v) is 9.83. The van der Waals surface area contributed by atoms with E-state index in [4.69, 9.17) is 14.6 Å². The van der Waals surface area contributed by atoms with Crippen LogP contribution in [0.25, 0.3) is 0 Å². The fourth-order valence-electron chi connectivity index (χ4n) is 4.20. The van der Waals surface area contributed by atoms with E-state index in [1.807, 2.05) is 24.3 Å². The molecule has 32 heavy (non-hydrogen) atoms. The topological polar surface area (TPSA) is 34.1 Å². The maximum absolute atomic E-state index is 6.55. The van der Waals surface area contributed by atoms with Crippen molar-refractivity contribution >= 4 is 37.6 Å². The van der Waals surface area contributed by atoms with E-state index in [-0.39, 0.29) is 12.3 Å². The Balaban J connectivity index is 1.51. The average Bonchev–Trinajstić information content (AvgIpc) is 3.26. The van der Waals surface area contributed by atoms with Gasteiger partial charge in [-0.1, -0.05) is 59.6 Å². The van der Waals surface area contributed by atoms with Crippen LogP contribution in [0.5, 0.6) is 11.5 Å². The summed E-state index contributed by atoms with van der Waals surface area (Å²) in [5.74, 6) is 1.77. The molecule has 0 radical (unpaired) electrons. The van der Waals surface area contributed by atoms with Crippen molar-refractivity contribution in [1.29, 1.82) is 0 Å². The molecule has 164 valence electrons. The van der Waals surface area contributed by atoms with Crippen molar-refractivity contribution in [1.82, 2.24) is 5.01 Å². The highest BCUT2D eigenvalue weighted by Gasteiger charge is 2.41. The molecule has 3 aromatic rings. The minimum Gasteiger partial charge on any atom is -0.494 e. The lowest BCUT2D eigenvalue weighted by Crippen LogP contribution is -2.33. The van der Waals surface area contributed by atoms with Gasteiger partial charge in [0.2, 0.25) is 6.23 Å². The van der Waals surface area contributed by atoms with Crippen LogP contribution in [0.2, 0.25) is 0 Å². The van der Waals surface area contributed by atoms with Gasteiger partial charge in [0.1, 0.15) is 11.5 Å². The Morgan fingerprint density at radius 2 is 1.84 bits per heavy atom. The summed E-state index contributed by atoms with van der Waals surface area (Å²) in [4.78, 5) is 0. The lowest BCUT2D eigenvalue weighted by molar-refractivity contribution is -0.0197. The van der Waals surface area contributed by atoms with Gasteiger partial charge in [-0.05, 0) is 64.3 Å². The van der Waals surface area contributed by atoms with Crippen molar-refractivity contribution in [3.63, 3.8) is 0 Å². The molecule has 4 nitrogen and oxygen atoms in total. The zero-order valence-corrected chi connectivity index (χ0v) is 21.0. The van der Waals surface area contributed by atoms with E-state index in [2.05, 4.69) is 86.3 Å². The number of hydrazone groups is 1. The highest BCUT2D eigenvalue weighted by atomic mass is 79.9. The molecule has 5 rings (SSSR count). The van der Waals surface area contributed by atoms with Crippen LogP contribution < -0.4 is 9.47 Å². The SMILES string of the molecule is CCCCOc1ccc([C@@H]2Oc3c(Br)cc(Br)cc3[C@H]3CC(c4ccccc4)=NN32)cc1. The van der Waals surface area contributed by atoms with Crippen molar-refractivity contribution in [2.24, 2.45) is 5.10 Å². The molecule has 0 aromatic heterocycles. The van der Waals surface area contributed by atoms with E-state index in [1.54, 1.807) is 0 Å². The quantitative estimate of drug-likeness (QED) is 0.293. The molecule has 0 bridgehead atoms. The fraction of sp³-hybridized carbons (Fsp3) is 0.269.